The van der Waals surface area contributed by atoms with Crippen molar-refractivity contribution in [2.75, 3.05) is 24.5 Å². The largest absolute Gasteiger partial charge is 0.352 e. The van der Waals surface area contributed by atoms with Crippen molar-refractivity contribution in [3.05, 3.63) is 47.8 Å². The maximum absolute atomic E-state index is 13.8. The number of halogens is 1. The summed E-state index contributed by atoms with van der Waals surface area (Å²) in [7, 11) is 0. The summed E-state index contributed by atoms with van der Waals surface area (Å²) in [4.78, 5) is 8.36. The lowest BCUT2D eigenvalue weighted by Crippen LogP contribution is -2.51. The molecule has 0 bridgehead atoms. The zero-order valence-corrected chi connectivity index (χ0v) is 14.3. The standard InChI is InChI=1S/C17H20FN7/c1-12-10-24(17-4-3-16-21-20-13(2)25(16)22-17)8-7-23(12)11-14-5-6-19-9-15(14)18/h3-6,9,12H,7-8,10-11H2,1-2H3. The van der Waals surface area contributed by atoms with Crippen LogP contribution < -0.4 is 4.90 Å². The highest BCUT2D eigenvalue weighted by Crippen LogP contribution is 2.20. The van der Waals surface area contributed by atoms with Gasteiger partial charge in [0.2, 0.25) is 0 Å². The SMILES string of the molecule is Cc1nnc2ccc(N3CCN(Cc4ccncc4F)C(C)C3)nn12. The number of nitrogens with zero attached hydrogens (tertiary/aromatic N) is 7. The first-order valence-electron chi connectivity index (χ1n) is 8.38. The summed E-state index contributed by atoms with van der Waals surface area (Å²) >= 11 is 0. The Morgan fingerprint density at radius 2 is 2.08 bits per heavy atom. The summed E-state index contributed by atoms with van der Waals surface area (Å²) < 4.78 is 15.6. The smallest absolute Gasteiger partial charge is 0.178 e. The molecule has 3 aromatic rings. The Labute approximate surface area is 145 Å². The van der Waals surface area contributed by atoms with E-state index in [0.717, 1.165) is 36.9 Å². The van der Waals surface area contributed by atoms with E-state index in [1.165, 1.54) is 6.20 Å². The predicted molar refractivity (Wildman–Crippen MR) is 91.8 cm³/mol. The van der Waals surface area contributed by atoms with E-state index in [1.807, 2.05) is 19.1 Å². The van der Waals surface area contributed by atoms with Crippen molar-refractivity contribution in [2.24, 2.45) is 0 Å². The Bertz CT molecular complexity index is 894. The maximum atomic E-state index is 13.8. The van der Waals surface area contributed by atoms with E-state index in [2.05, 4.69) is 37.0 Å². The van der Waals surface area contributed by atoms with Crippen LogP contribution in [0.5, 0.6) is 0 Å². The van der Waals surface area contributed by atoms with Crippen LogP contribution >= 0.6 is 0 Å². The molecule has 1 aliphatic rings. The lowest BCUT2D eigenvalue weighted by molar-refractivity contribution is 0.178. The van der Waals surface area contributed by atoms with Gasteiger partial charge in [-0.15, -0.1) is 15.3 Å². The van der Waals surface area contributed by atoms with Gasteiger partial charge < -0.3 is 4.90 Å². The van der Waals surface area contributed by atoms with Gasteiger partial charge in [-0.3, -0.25) is 9.88 Å². The van der Waals surface area contributed by atoms with E-state index >= 15 is 0 Å². The molecule has 0 N–H and O–H groups in total. The maximum Gasteiger partial charge on any atom is 0.178 e. The predicted octanol–water partition coefficient (Wildman–Crippen LogP) is 1.68. The van der Waals surface area contributed by atoms with Crippen LogP contribution in [-0.2, 0) is 6.54 Å². The average molecular weight is 341 g/mol. The van der Waals surface area contributed by atoms with Gasteiger partial charge in [-0.05, 0) is 32.0 Å². The highest BCUT2D eigenvalue weighted by molar-refractivity contribution is 5.46. The van der Waals surface area contributed by atoms with Crippen molar-refractivity contribution >= 4 is 11.5 Å². The third-order valence-corrected chi connectivity index (χ3v) is 4.72. The molecular weight excluding hydrogens is 321 g/mol. The summed E-state index contributed by atoms with van der Waals surface area (Å²) in [6, 6.07) is 5.96. The fourth-order valence-electron chi connectivity index (χ4n) is 3.24. The van der Waals surface area contributed by atoms with Crippen LogP contribution in [0, 0.1) is 12.7 Å². The van der Waals surface area contributed by atoms with Crippen molar-refractivity contribution in [1.82, 2.24) is 29.7 Å². The second-order valence-electron chi connectivity index (χ2n) is 6.44. The van der Waals surface area contributed by atoms with Gasteiger partial charge in [-0.25, -0.2) is 4.39 Å². The Balaban J connectivity index is 1.48. The monoisotopic (exact) mass is 341 g/mol. The Morgan fingerprint density at radius 1 is 1.20 bits per heavy atom. The first-order valence-corrected chi connectivity index (χ1v) is 8.38. The van der Waals surface area contributed by atoms with Crippen molar-refractivity contribution in [1.29, 1.82) is 0 Å². The highest BCUT2D eigenvalue weighted by Gasteiger charge is 2.25. The molecule has 0 amide bonds. The summed E-state index contributed by atoms with van der Waals surface area (Å²) in [5, 5.41) is 12.8. The number of rotatable bonds is 3. The number of pyridine rings is 1. The Hall–Kier alpha value is -2.61. The van der Waals surface area contributed by atoms with Gasteiger partial charge in [0.25, 0.3) is 0 Å². The lowest BCUT2D eigenvalue weighted by atomic mass is 10.1. The van der Waals surface area contributed by atoms with Crippen LogP contribution in [0.15, 0.2) is 30.6 Å². The summed E-state index contributed by atoms with van der Waals surface area (Å²) in [5.41, 5.74) is 1.44. The number of hydrogen-bond donors (Lipinski definition) is 0. The fourth-order valence-corrected chi connectivity index (χ4v) is 3.24. The molecule has 1 fully saturated rings. The van der Waals surface area contributed by atoms with Gasteiger partial charge in [0.1, 0.15) is 11.6 Å². The first kappa shape index (κ1) is 15.9. The molecule has 0 aromatic carbocycles. The molecule has 1 atom stereocenters. The summed E-state index contributed by atoms with van der Waals surface area (Å²) in [6.07, 6.45) is 2.91. The number of aromatic nitrogens is 5. The van der Waals surface area contributed by atoms with Gasteiger partial charge in [-0.2, -0.15) is 4.52 Å². The van der Waals surface area contributed by atoms with Gasteiger partial charge in [0, 0.05) is 44.0 Å². The molecule has 4 heterocycles. The summed E-state index contributed by atoms with van der Waals surface area (Å²) in [5.74, 6) is 1.45. The minimum atomic E-state index is -0.243. The van der Waals surface area contributed by atoms with E-state index in [-0.39, 0.29) is 5.82 Å². The van der Waals surface area contributed by atoms with Gasteiger partial charge in [0.05, 0.1) is 6.20 Å². The molecule has 25 heavy (non-hydrogen) atoms. The van der Waals surface area contributed by atoms with Crippen molar-refractivity contribution in [3.63, 3.8) is 0 Å². The summed E-state index contributed by atoms with van der Waals surface area (Å²) in [6.45, 7) is 7.18. The number of piperazine rings is 1. The van der Waals surface area contributed by atoms with Crippen LogP contribution in [0.25, 0.3) is 5.65 Å². The number of fused-ring (bicyclic) bond motifs is 1. The van der Waals surface area contributed by atoms with Crippen LogP contribution in [0.4, 0.5) is 10.2 Å². The lowest BCUT2D eigenvalue weighted by Gasteiger charge is -2.40. The molecule has 1 saturated heterocycles. The van der Waals surface area contributed by atoms with E-state index < -0.39 is 0 Å². The molecule has 8 heteroatoms. The molecule has 0 saturated carbocycles. The van der Waals surface area contributed by atoms with Crippen molar-refractivity contribution in [3.8, 4) is 0 Å². The molecule has 7 nitrogen and oxygen atoms in total. The first-order chi connectivity index (χ1) is 12.1. The van der Waals surface area contributed by atoms with E-state index in [0.29, 0.717) is 18.2 Å². The second-order valence-corrected chi connectivity index (χ2v) is 6.44. The van der Waals surface area contributed by atoms with E-state index in [1.54, 1.807) is 16.8 Å². The van der Waals surface area contributed by atoms with Crippen molar-refractivity contribution in [2.45, 2.75) is 26.4 Å². The van der Waals surface area contributed by atoms with Crippen molar-refractivity contribution < 1.29 is 4.39 Å². The molecule has 4 rings (SSSR count). The third-order valence-electron chi connectivity index (χ3n) is 4.72. The second kappa shape index (κ2) is 6.36. The molecule has 1 aliphatic heterocycles. The number of anilines is 1. The van der Waals surface area contributed by atoms with E-state index in [9.17, 15) is 4.39 Å². The van der Waals surface area contributed by atoms with Crippen LogP contribution in [-0.4, -0.2) is 55.4 Å². The van der Waals surface area contributed by atoms with Crippen LogP contribution in [0.2, 0.25) is 0 Å². The third kappa shape index (κ3) is 3.05. The Kier molecular flexibility index (Phi) is 4.04. The topological polar surface area (TPSA) is 62.5 Å². The molecule has 1 unspecified atom stereocenters. The molecule has 130 valence electrons. The van der Waals surface area contributed by atoms with Crippen LogP contribution in [0.1, 0.15) is 18.3 Å². The molecule has 0 radical (unpaired) electrons. The number of aryl methyl sites for hydroxylation is 1. The van der Waals surface area contributed by atoms with Gasteiger partial charge in [0.15, 0.2) is 11.5 Å². The molecular formula is C17H20FN7. The van der Waals surface area contributed by atoms with Crippen LogP contribution in [0.3, 0.4) is 0 Å². The normalized spacial score (nSPS) is 18.8. The molecule has 0 aliphatic carbocycles. The minimum absolute atomic E-state index is 0.243. The average Bonchev–Trinajstić information content (AvgIpc) is 2.99. The zero-order chi connectivity index (χ0) is 17.4. The molecule has 0 spiro atoms. The Morgan fingerprint density at radius 3 is 2.88 bits per heavy atom. The minimum Gasteiger partial charge on any atom is -0.352 e. The highest BCUT2D eigenvalue weighted by atomic mass is 19.1. The number of hydrogen-bond acceptors (Lipinski definition) is 6. The molecule has 3 aromatic heterocycles. The fraction of sp³-hybridized carbons (Fsp3) is 0.412. The van der Waals surface area contributed by atoms with E-state index in [4.69, 9.17) is 0 Å². The van der Waals surface area contributed by atoms with Gasteiger partial charge in [-0.1, -0.05) is 0 Å². The van der Waals surface area contributed by atoms with Gasteiger partial charge >= 0.3 is 0 Å². The quantitative estimate of drug-likeness (QED) is 0.722. The zero-order valence-electron chi connectivity index (χ0n) is 14.3.